The highest BCUT2D eigenvalue weighted by molar-refractivity contribution is 9.10. The van der Waals surface area contributed by atoms with E-state index in [0.717, 1.165) is 16.1 Å². The molecule has 0 unspecified atom stereocenters. The normalized spacial score (nSPS) is 11.8. The Kier molecular flexibility index (Phi) is 7.98. The standard InChI is InChI=1S/C15H25BrO3Si/c1-5-6-7-8-9-13-12-14(10-11-15(13)16)20(17-2,18-3)19-4/h10-12H,5-9H2,1-4H3. The van der Waals surface area contributed by atoms with Crippen molar-refractivity contribution < 1.29 is 13.3 Å². The molecule has 0 aromatic heterocycles. The summed E-state index contributed by atoms with van der Waals surface area (Å²) in [4.78, 5) is 0. The molecule has 0 saturated carbocycles. The molecule has 0 amide bonds. The van der Waals surface area contributed by atoms with E-state index in [0.29, 0.717) is 0 Å². The van der Waals surface area contributed by atoms with Crippen LogP contribution >= 0.6 is 15.9 Å². The average molecular weight is 361 g/mol. The van der Waals surface area contributed by atoms with Crippen LogP contribution < -0.4 is 5.19 Å². The number of benzene rings is 1. The molecule has 20 heavy (non-hydrogen) atoms. The predicted molar refractivity (Wildman–Crippen MR) is 88.4 cm³/mol. The highest BCUT2D eigenvalue weighted by Crippen LogP contribution is 2.20. The van der Waals surface area contributed by atoms with Gasteiger partial charge in [0, 0.05) is 31.0 Å². The van der Waals surface area contributed by atoms with Gasteiger partial charge in [0.1, 0.15) is 0 Å². The fraction of sp³-hybridized carbons (Fsp3) is 0.600. The Bertz CT molecular complexity index is 400. The number of halogens is 1. The van der Waals surface area contributed by atoms with Gasteiger partial charge in [-0.15, -0.1) is 0 Å². The van der Waals surface area contributed by atoms with E-state index in [9.17, 15) is 0 Å². The van der Waals surface area contributed by atoms with Gasteiger partial charge in [-0.05, 0) is 24.5 Å². The lowest BCUT2D eigenvalue weighted by molar-refractivity contribution is 0.140. The molecule has 0 saturated heterocycles. The molecule has 0 aliphatic carbocycles. The maximum atomic E-state index is 5.54. The Balaban J connectivity index is 2.89. The zero-order valence-electron chi connectivity index (χ0n) is 12.9. The summed E-state index contributed by atoms with van der Waals surface area (Å²) in [7, 11) is 2.20. The van der Waals surface area contributed by atoms with Crippen LogP contribution in [-0.4, -0.2) is 30.1 Å². The van der Waals surface area contributed by atoms with Crippen LogP contribution in [0.2, 0.25) is 0 Å². The summed E-state index contributed by atoms with van der Waals surface area (Å²) >= 11 is 3.63. The summed E-state index contributed by atoms with van der Waals surface area (Å²) in [6.45, 7) is 2.23. The SMILES string of the molecule is CCCCCCc1cc([Si](OC)(OC)OC)ccc1Br. The van der Waals surface area contributed by atoms with Crippen LogP contribution in [0.1, 0.15) is 38.2 Å². The third kappa shape index (κ3) is 4.40. The van der Waals surface area contributed by atoms with E-state index in [4.69, 9.17) is 13.3 Å². The van der Waals surface area contributed by atoms with E-state index in [2.05, 4.69) is 35.0 Å². The average Bonchev–Trinajstić information content (AvgIpc) is 2.48. The van der Waals surface area contributed by atoms with E-state index < -0.39 is 8.80 Å². The fourth-order valence-corrected chi connectivity index (χ4v) is 4.59. The van der Waals surface area contributed by atoms with Crippen molar-refractivity contribution in [2.75, 3.05) is 21.3 Å². The van der Waals surface area contributed by atoms with Gasteiger partial charge in [0.15, 0.2) is 0 Å². The summed E-state index contributed by atoms with van der Waals surface area (Å²) < 4.78 is 17.8. The highest BCUT2D eigenvalue weighted by Gasteiger charge is 2.40. The summed E-state index contributed by atoms with van der Waals surface area (Å²) in [6.07, 6.45) is 6.10. The van der Waals surface area contributed by atoms with Crippen LogP contribution in [0.3, 0.4) is 0 Å². The number of hydrogen-bond acceptors (Lipinski definition) is 3. The van der Waals surface area contributed by atoms with Crippen molar-refractivity contribution in [3.8, 4) is 0 Å². The second-order valence-corrected chi connectivity index (χ2v) is 8.55. The molecule has 5 heteroatoms. The Labute approximate surface area is 132 Å². The minimum atomic E-state index is -2.72. The first-order valence-corrected chi connectivity index (χ1v) is 9.59. The van der Waals surface area contributed by atoms with E-state index in [-0.39, 0.29) is 0 Å². The monoisotopic (exact) mass is 360 g/mol. The second-order valence-electron chi connectivity index (χ2n) is 4.79. The van der Waals surface area contributed by atoms with Gasteiger partial charge in [0.25, 0.3) is 0 Å². The molecule has 0 N–H and O–H groups in total. The topological polar surface area (TPSA) is 27.7 Å². The first kappa shape index (κ1) is 17.8. The molecule has 1 rings (SSSR count). The minimum absolute atomic E-state index is 1.01. The van der Waals surface area contributed by atoms with Gasteiger partial charge >= 0.3 is 8.80 Å². The van der Waals surface area contributed by atoms with Gasteiger partial charge in [-0.1, -0.05) is 54.2 Å². The summed E-state index contributed by atoms with van der Waals surface area (Å²) in [5, 5.41) is 1.01. The fourth-order valence-electron chi connectivity index (χ4n) is 2.30. The molecule has 0 aliphatic rings. The van der Waals surface area contributed by atoms with Gasteiger partial charge in [0.2, 0.25) is 0 Å². The number of rotatable bonds is 9. The van der Waals surface area contributed by atoms with Crippen LogP contribution in [0.25, 0.3) is 0 Å². The Morgan fingerprint density at radius 2 is 1.65 bits per heavy atom. The van der Waals surface area contributed by atoms with Crippen LogP contribution in [-0.2, 0) is 19.7 Å². The minimum Gasteiger partial charge on any atom is -0.373 e. The maximum Gasteiger partial charge on any atom is 0.536 e. The predicted octanol–water partition coefficient (Wildman–Crippen LogP) is 3.66. The van der Waals surface area contributed by atoms with Crippen LogP contribution in [0.15, 0.2) is 22.7 Å². The zero-order chi connectivity index (χ0) is 15.0. The van der Waals surface area contributed by atoms with Gasteiger partial charge in [0.05, 0.1) is 0 Å². The molecule has 0 heterocycles. The van der Waals surface area contributed by atoms with E-state index >= 15 is 0 Å². The molecule has 0 aliphatic heterocycles. The first-order valence-electron chi connectivity index (χ1n) is 7.07. The summed E-state index contributed by atoms with van der Waals surface area (Å²) in [5.41, 5.74) is 1.29. The van der Waals surface area contributed by atoms with E-state index in [1.54, 1.807) is 21.3 Å². The Hall–Kier alpha value is -0.203. The Morgan fingerprint density at radius 3 is 2.20 bits per heavy atom. The quantitative estimate of drug-likeness (QED) is 0.496. The Morgan fingerprint density at radius 1 is 1.00 bits per heavy atom. The lowest BCUT2D eigenvalue weighted by atomic mass is 10.1. The molecule has 114 valence electrons. The second kappa shape index (κ2) is 8.95. The molecule has 1 aromatic rings. The van der Waals surface area contributed by atoms with Crippen molar-refractivity contribution in [3.05, 3.63) is 28.2 Å². The summed E-state index contributed by atoms with van der Waals surface area (Å²) in [6, 6.07) is 6.23. The van der Waals surface area contributed by atoms with Gasteiger partial charge in [-0.2, -0.15) is 0 Å². The smallest absolute Gasteiger partial charge is 0.373 e. The number of aryl methyl sites for hydroxylation is 1. The number of unbranched alkanes of at least 4 members (excludes halogenated alkanes) is 3. The van der Waals surface area contributed by atoms with Crippen molar-refractivity contribution in [1.82, 2.24) is 0 Å². The molecule has 0 spiro atoms. The van der Waals surface area contributed by atoms with Crippen molar-refractivity contribution in [2.24, 2.45) is 0 Å². The molecular formula is C15H25BrO3Si. The molecule has 0 bridgehead atoms. The third-order valence-electron chi connectivity index (χ3n) is 3.51. The molecule has 1 aromatic carbocycles. The molecule has 0 fully saturated rings. The number of hydrogen-bond donors (Lipinski definition) is 0. The maximum absolute atomic E-state index is 5.54. The van der Waals surface area contributed by atoms with Gasteiger partial charge in [-0.3, -0.25) is 0 Å². The molecular weight excluding hydrogens is 336 g/mol. The first-order chi connectivity index (χ1) is 9.63. The molecule has 0 radical (unpaired) electrons. The largest absolute Gasteiger partial charge is 0.536 e. The van der Waals surface area contributed by atoms with Crippen molar-refractivity contribution in [1.29, 1.82) is 0 Å². The van der Waals surface area contributed by atoms with E-state index in [1.165, 1.54) is 31.2 Å². The van der Waals surface area contributed by atoms with Crippen LogP contribution in [0.4, 0.5) is 0 Å². The molecule has 3 nitrogen and oxygen atoms in total. The zero-order valence-corrected chi connectivity index (χ0v) is 15.5. The lowest BCUT2D eigenvalue weighted by Gasteiger charge is -2.25. The third-order valence-corrected chi connectivity index (χ3v) is 6.91. The molecule has 0 atom stereocenters. The summed E-state index contributed by atoms with van der Waals surface area (Å²) in [5.74, 6) is 0. The van der Waals surface area contributed by atoms with Crippen molar-refractivity contribution >= 4 is 29.9 Å². The van der Waals surface area contributed by atoms with E-state index in [1.807, 2.05) is 6.07 Å². The highest BCUT2D eigenvalue weighted by atomic mass is 79.9. The van der Waals surface area contributed by atoms with Gasteiger partial charge < -0.3 is 13.3 Å². The van der Waals surface area contributed by atoms with Crippen molar-refractivity contribution in [3.63, 3.8) is 0 Å². The van der Waals surface area contributed by atoms with Crippen LogP contribution in [0.5, 0.6) is 0 Å². The van der Waals surface area contributed by atoms with Crippen LogP contribution in [0, 0.1) is 0 Å². The lowest BCUT2D eigenvalue weighted by Crippen LogP contribution is -2.54. The van der Waals surface area contributed by atoms with Crippen molar-refractivity contribution in [2.45, 2.75) is 39.0 Å². The van der Waals surface area contributed by atoms with Gasteiger partial charge in [-0.25, -0.2) is 0 Å².